The summed E-state index contributed by atoms with van der Waals surface area (Å²) in [6, 6.07) is 21.4. The molecule has 0 amide bonds. The average Bonchev–Trinajstić information content (AvgIpc) is 2.83. The lowest BCUT2D eigenvalue weighted by atomic mass is 10.0. The van der Waals surface area contributed by atoms with E-state index in [1.807, 2.05) is 30.3 Å². The minimum Gasteiger partial charge on any atom is -0.403 e. The van der Waals surface area contributed by atoms with Crippen molar-refractivity contribution in [3.8, 4) is 23.0 Å². The molecule has 3 heterocycles. The van der Waals surface area contributed by atoms with Crippen molar-refractivity contribution in [1.82, 2.24) is 15.0 Å². The van der Waals surface area contributed by atoms with E-state index in [-0.39, 0.29) is 11.8 Å². The number of hydrogen-bond donors (Lipinski definition) is 0. The molecule has 32 heavy (non-hydrogen) atoms. The van der Waals surface area contributed by atoms with E-state index in [0.29, 0.717) is 38.4 Å². The van der Waals surface area contributed by atoms with Crippen molar-refractivity contribution < 1.29 is 8.83 Å². The normalized spacial score (nSPS) is 11.4. The minimum atomic E-state index is -0.484. The Morgan fingerprint density at radius 2 is 1.06 bits per heavy atom. The molecule has 152 valence electrons. The molecule has 0 aliphatic heterocycles. The molecule has 0 bridgehead atoms. The van der Waals surface area contributed by atoms with Crippen LogP contribution in [0.4, 0.5) is 0 Å². The number of pyridine rings is 1. The first kappa shape index (κ1) is 18.1. The zero-order valence-corrected chi connectivity index (χ0v) is 16.5. The second-order valence-corrected chi connectivity index (χ2v) is 7.21. The van der Waals surface area contributed by atoms with Crippen molar-refractivity contribution in [3.05, 3.63) is 99.8 Å². The summed E-state index contributed by atoms with van der Waals surface area (Å²) in [6.45, 7) is 0. The molecule has 3 aromatic heterocycles. The molecular weight excluding hydrogens is 406 g/mol. The molecule has 6 rings (SSSR count). The van der Waals surface area contributed by atoms with Crippen molar-refractivity contribution >= 4 is 32.6 Å². The highest BCUT2D eigenvalue weighted by Crippen LogP contribution is 2.32. The van der Waals surface area contributed by atoms with Gasteiger partial charge in [-0.05, 0) is 29.7 Å². The lowest BCUT2D eigenvalue weighted by Gasteiger charge is -2.09. The lowest BCUT2D eigenvalue weighted by Crippen LogP contribution is -2.05. The average molecular weight is 419 g/mol. The van der Waals surface area contributed by atoms with Gasteiger partial charge in [0.1, 0.15) is 5.69 Å². The molecule has 0 saturated carbocycles. The molecule has 0 radical (unpaired) electrons. The summed E-state index contributed by atoms with van der Waals surface area (Å²) in [7, 11) is 0. The van der Waals surface area contributed by atoms with Crippen LogP contribution in [-0.2, 0) is 0 Å². The SMILES string of the molecule is O=c1oc(-c2cnc(-c3nc4ccccc4c(=O)o3)c3ccccc23)nc2ccccc12. The van der Waals surface area contributed by atoms with Crippen LogP contribution in [0.1, 0.15) is 0 Å². The molecule has 0 saturated heterocycles. The molecule has 0 aliphatic rings. The van der Waals surface area contributed by atoms with Crippen LogP contribution >= 0.6 is 0 Å². The first-order chi connectivity index (χ1) is 15.7. The smallest absolute Gasteiger partial charge is 0.347 e. The van der Waals surface area contributed by atoms with Gasteiger partial charge in [-0.1, -0.05) is 48.5 Å². The summed E-state index contributed by atoms with van der Waals surface area (Å²) in [4.78, 5) is 38.5. The first-order valence-electron chi connectivity index (χ1n) is 9.87. The summed E-state index contributed by atoms with van der Waals surface area (Å²) in [5.41, 5.74) is 1.07. The van der Waals surface area contributed by atoms with Crippen LogP contribution in [0, 0.1) is 0 Å². The molecule has 0 atom stereocenters. The molecule has 0 N–H and O–H groups in total. The van der Waals surface area contributed by atoms with E-state index in [2.05, 4.69) is 15.0 Å². The highest BCUT2D eigenvalue weighted by Gasteiger charge is 2.18. The van der Waals surface area contributed by atoms with Crippen molar-refractivity contribution in [2.45, 2.75) is 0 Å². The molecule has 0 aliphatic carbocycles. The van der Waals surface area contributed by atoms with Crippen LogP contribution in [0.15, 0.2) is 97.4 Å². The molecule has 6 aromatic rings. The van der Waals surface area contributed by atoms with Crippen molar-refractivity contribution in [2.24, 2.45) is 0 Å². The highest BCUT2D eigenvalue weighted by atomic mass is 16.4. The third kappa shape index (κ3) is 2.79. The second kappa shape index (κ2) is 6.95. The first-order valence-corrected chi connectivity index (χ1v) is 9.87. The fourth-order valence-corrected chi connectivity index (χ4v) is 3.79. The molecule has 7 heteroatoms. The van der Waals surface area contributed by atoms with Gasteiger partial charge in [0, 0.05) is 11.6 Å². The van der Waals surface area contributed by atoms with Gasteiger partial charge in [-0.15, -0.1) is 0 Å². The summed E-state index contributed by atoms with van der Waals surface area (Å²) >= 11 is 0. The topological polar surface area (TPSA) is 99.1 Å². The lowest BCUT2D eigenvalue weighted by molar-refractivity contribution is 0.515. The number of para-hydroxylation sites is 2. The van der Waals surface area contributed by atoms with E-state index < -0.39 is 11.3 Å². The standard InChI is InChI=1S/C25H13N3O4/c29-24-16-9-3-5-11-19(16)27-22(31-24)18-13-26-21(15-8-2-1-7-14(15)18)23-28-20-12-6-4-10-17(20)25(30)32-23/h1-13H. The van der Waals surface area contributed by atoms with Crippen LogP contribution in [0.5, 0.6) is 0 Å². The van der Waals surface area contributed by atoms with Crippen molar-refractivity contribution in [2.75, 3.05) is 0 Å². The van der Waals surface area contributed by atoms with Crippen molar-refractivity contribution in [1.29, 1.82) is 0 Å². The minimum absolute atomic E-state index is 0.115. The number of rotatable bonds is 2. The van der Waals surface area contributed by atoms with Gasteiger partial charge in [0.2, 0.25) is 11.8 Å². The van der Waals surface area contributed by atoms with Gasteiger partial charge in [-0.2, -0.15) is 0 Å². The van der Waals surface area contributed by atoms with Crippen molar-refractivity contribution in [3.63, 3.8) is 0 Å². The molecule has 0 spiro atoms. The van der Waals surface area contributed by atoms with Crippen LogP contribution in [0.2, 0.25) is 0 Å². The fraction of sp³-hybridized carbons (Fsp3) is 0. The predicted octanol–water partition coefficient (Wildman–Crippen LogP) is 4.57. The highest BCUT2D eigenvalue weighted by molar-refractivity contribution is 6.01. The number of nitrogens with zero attached hydrogens (tertiary/aromatic N) is 3. The van der Waals surface area contributed by atoms with Gasteiger partial charge in [0.15, 0.2) is 0 Å². The van der Waals surface area contributed by atoms with E-state index in [4.69, 9.17) is 8.83 Å². The third-order valence-corrected chi connectivity index (χ3v) is 5.30. The number of hydrogen-bond acceptors (Lipinski definition) is 7. The van der Waals surface area contributed by atoms with Gasteiger partial charge in [0.25, 0.3) is 0 Å². The summed E-state index contributed by atoms with van der Waals surface area (Å²) in [5, 5.41) is 2.24. The zero-order valence-electron chi connectivity index (χ0n) is 16.5. The Hall–Kier alpha value is -4.65. The number of fused-ring (bicyclic) bond motifs is 3. The van der Waals surface area contributed by atoms with E-state index in [9.17, 15) is 9.59 Å². The Bertz CT molecular complexity index is 1650. The summed E-state index contributed by atoms with van der Waals surface area (Å²) < 4.78 is 11.0. The Kier molecular flexibility index (Phi) is 3.94. The number of benzene rings is 3. The molecular formula is C25H13N3O4. The molecule has 0 unspecified atom stereocenters. The maximum atomic E-state index is 12.5. The third-order valence-electron chi connectivity index (χ3n) is 5.30. The quantitative estimate of drug-likeness (QED) is 0.405. The van der Waals surface area contributed by atoms with E-state index in [0.717, 1.165) is 5.39 Å². The summed E-state index contributed by atoms with van der Waals surface area (Å²) in [6.07, 6.45) is 1.55. The fourth-order valence-electron chi connectivity index (χ4n) is 3.79. The van der Waals surface area contributed by atoms with Crippen LogP contribution in [-0.4, -0.2) is 15.0 Å². The molecule has 3 aromatic carbocycles. The molecule has 0 fully saturated rings. The largest absolute Gasteiger partial charge is 0.403 e. The van der Waals surface area contributed by atoms with E-state index >= 15 is 0 Å². The second-order valence-electron chi connectivity index (χ2n) is 7.21. The zero-order chi connectivity index (χ0) is 21.7. The number of aromatic nitrogens is 3. The van der Waals surface area contributed by atoms with E-state index in [1.54, 1.807) is 48.7 Å². The Morgan fingerprint density at radius 3 is 1.72 bits per heavy atom. The maximum absolute atomic E-state index is 12.5. The Morgan fingerprint density at radius 1 is 0.562 bits per heavy atom. The molecule has 7 nitrogen and oxygen atoms in total. The van der Waals surface area contributed by atoms with Gasteiger partial charge >= 0.3 is 11.3 Å². The van der Waals surface area contributed by atoms with Gasteiger partial charge < -0.3 is 8.83 Å². The maximum Gasteiger partial charge on any atom is 0.347 e. The predicted molar refractivity (Wildman–Crippen MR) is 120 cm³/mol. The van der Waals surface area contributed by atoms with Gasteiger partial charge in [-0.3, -0.25) is 0 Å². The Labute approximate surface area is 179 Å². The van der Waals surface area contributed by atoms with Gasteiger partial charge in [-0.25, -0.2) is 24.5 Å². The Balaban J connectivity index is 1.62. The summed E-state index contributed by atoms with van der Waals surface area (Å²) in [5.74, 6) is 0.279. The van der Waals surface area contributed by atoms with Crippen LogP contribution in [0.3, 0.4) is 0 Å². The monoisotopic (exact) mass is 419 g/mol. The van der Waals surface area contributed by atoms with E-state index in [1.165, 1.54) is 0 Å². The van der Waals surface area contributed by atoms with Gasteiger partial charge in [0.05, 0.1) is 27.4 Å². The van der Waals surface area contributed by atoms with Crippen LogP contribution < -0.4 is 11.3 Å². The van der Waals surface area contributed by atoms with Crippen LogP contribution in [0.25, 0.3) is 55.6 Å².